The normalized spacial score (nSPS) is 13.0. The van der Waals surface area contributed by atoms with Gasteiger partial charge in [0.2, 0.25) is 0 Å². The predicted molar refractivity (Wildman–Crippen MR) is 136 cm³/mol. The van der Waals surface area contributed by atoms with Gasteiger partial charge < -0.3 is 0 Å². The Morgan fingerprint density at radius 1 is 0.483 bits per heavy atom. The van der Waals surface area contributed by atoms with Crippen LogP contribution in [-0.2, 0) is 0 Å². The van der Waals surface area contributed by atoms with Gasteiger partial charge in [0.1, 0.15) is 0 Å². The Balaban J connectivity index is 3.30. The summed E-state index contributed by atoms with van der Waals surface area (Å²) in [4.78, 5) is 0. The summed E-state index contributed by atoms with van der Waals surface area (Å²) in [7, 11) is 0. The zero-order valence-corrected chi connectivity index (χ0v) is 21.2. The van der Waals surface area contributed by atoms with Gasteiger partial charge in [0.15, 0.2) is 0 Å². The maximum Gasteiger partial charge on any atom is -0.0351 e. The molecule has 0 amide bonds. The molecule has 0 N–H and O–H groups in total. The Bertz CT molecular complexity index is 314. The smallest absolute Gasteiger partial charge is 0.0351 e. The molecule has 0 rings (SSSR count). The molecule has 0 heterocycles. The third-order valence-corrected chi connectivity index (χ3v) is 6.39. The molecule has 0 aliphatic heterocycles. The molecule has 0 heteroatoms. The molecule has 0 aromatic carbocycles. The third kappa shape index (κ3) is 23.9. The third-order valence-electron chi connectivity index (χ3n) is 6.39. The van der Waals surface area contributed by atoms with Crippen LogP contribution in [0.3, 0.4) is 0 Å². The van der Waals surface area contributed by atoms with E-state index >= 15 is 0 Å². The Labute approximate surface area is 186 Å². The van der Waals surface area contributed by atoms with E-state index in [4.69, 9.17) is 0 Å². The van der Waals surface area contributed by atoms with E-state index in [0.717, 1.165) is 11.8 Å². The molecular weight excluding hydrogens is 348 g/mol. The van der Waals surface area contributed by atoms with Crippen LogP contribution < -0.4 is 0 Å². The SMILES string of the molecule is CCCCCC=CCCCCCCCCCCCCCC(CCCC)CC(C)C. The summed E-state index contributed by atoms with van der Waals surface area (Å²) in [5.41, 5.74) is 0. The molecule has 174 valence electrons. The van der Waals surface area contributed by atoms with E-state index in [1.807, 2.05) is 0 Å². The zero-order valence-electron chi connectivity index (χ0n) is 21.2. The van der Waals surface area contributed by atoms with Crippen molar-refractivity contribution in [3.05, 3.63) is 12.2 Å². The van der Waals surface area contributed by atoms with Gasteiger partial charge in [-0.05, 0) is 43.9 Å². The second-order valence-electron chi connectivity index (χ2n) is 10.1. The van der Waals surface area contributed by atoms with Crippen molar-refractivity contribution in [2.24, 2.45) is 11.8 Å². The molecule has 0 radical (unpaired) electrons. The molecule has 0 aliphatic rings. The average Bonchev–Trinajstić information content (AvgIpc) is 2.70. The van der Waals surface area contributed by atoms with Gasteiger partial charge in [-0.1, -0.05) is 143 Å². The molecule has 0 fully saturated rings. The summed E-state index contributed by atoms with van der Waals surface area (Å²) in [6.45, 7) is 9.40. The topological polar surface area (TPSA) is 0 Å². The highest BCUT2D eigenvalue weighted by Gasteiger charge is 2.10. The molecule has 0 spiro atoms. The summed E-state index contributed by atoms with van der Waals surface area (Å²) >= 11 is 0. The lowest BCUT2D eigenvalue weighted by Crippen LogP contribution is -2.05. The first-order valence-corrected chi connectivity index (χ1v) is 13.9. The molecule has 0 aromatic heterocycles. The van der Waals surface area contributed by atoms with E-state index in [-0.39, 0.29) is 0 Å². The number of hydrogen-bond donors (Lipinski definition) is 0. The molecule has 0 saturated heterocycles. The van der Waals surface area contributed by atoms with Gasteiger partial charge >= 0.3 is 0 Å². The molecule has 1 unspecified atom stereocenters. The summed E-state index contributed by atoms with van der Waals surface area (Å²) in [6.07, 6.45) is 34.9. The first-order chi connectivity index (χ1) is 14.2. The van der Waals surface area contributed by atoms with Crippen LogP contribution >= 0.6 is 0 Å². The number of hydrogen-bond acceptors (Lipinski definition) is 0. The van der Waals surface area contributed by atoms with Gasteiger partial charge in [-0.2, -0.15) is 0 Å². The van der Waals surface area contributed by atoms with Crippen LogP contribution in [-0.4, -0.2) is 0 Å². The quantitative estimate of drug-likeness (QED) is 0.117. The molecule has 0 aromatic rings. The lowest BCUT2D eigenvalue weighted by atomic mass is 9.88. The van der Waals surface area contributed by atoms with Gasteiger partial charge in [0.25, 0.3) is 0 Å². The average molecular weight is 407 g/mol. The second-order valence-corrected chi connectivity index (χ2v) is 10.1. The van der Waals surface area contributed by atoms with Crippen LogP contribution in [0.15, 0.2) is 12.2 Å². The van der Waals surface area contributed by atoms with Crippen LogP contribution in [0.1, 0.15) is 163 Å². The second kappa shape index (κ2) is 24.0. The molecule has 0 nitrogen and oxygen atoms in total. The van der Waals surface area contributed by atoms with Crippen molar-refractivity contribution in [3.8, 4) is 0 Å². The van der Waals surface area contributed by atoms with E-state index in [0.29, 0.717) is 0 Å². The first kappa shape index (κ1) is 28.7. The molecule has 29 heavy (non-hydrogen) atoms. The van der Waals surface area contributed by atoms with Gasteiger partial charge in [0.05, 0.1) is 0 Å². The maximum atomic E-state index is 2.42. The fourth-order valence-electron chi connectivity index (χ4n) is 4.57. The van der Waals surface area contributed by atoms with Crippen molar-refractivity contribution in [1.82, 2.24) is 0 Å². The van der Waals surface area contributed by atoms with Crippen LogP contribution in [0, 0.1) is 11.8 Å². The molecular formula is C29H58. The molecule has 0 bridgehead atoms. The van der Waals surface area contributed by atoms with Crippen LogP contribution in [0.5, 0.6) is 0 Å². The standard InChI is InChI=1S/C29H58/c1-5-7-9-10-11-12-13-14-15-16-17-18-19-20-21-22-23-24-26-29(25-8-6-2)27-28(3)4/h11-12,28-29H,5-10,13-27H2,1-4H3. The summed E-state index contributed by atoms with van der Waals surface area (Å²) < 4.78 is 0. The first-order valence-electron chi connectivity index (χ1n) is 13.9. The van der Waals surface area contributed by atoms with Crippen molar-refractivity contribution in [3.63, 3.8) is 0 Å². The van der Waals surface area contributed by atoms with Gasteiger partial charge in [-0.25, -0.2) is 0 Å². The predicted octanol–water partition coefficient (Wildman–Crippen LogP) is 11.0. The Morgan fingerprint density at radius 3 is 1.38 bits per heavy atom. The molecule has 0 aliphatic carbocycles. The minimum absolute atomic E-state index is 0.879. The van der Waals surface area contributed by atoms with E-state index in [1.165, 1.54) is 135 Å². The van der Waals surface area contributed by atoms with Crippen molar-refractivity contribution in [1.29, 1.82) is 0 Å². The summed E-state index contributed by atoms with van der Waals surface area (Å²) in [6, 6.07) is 0. The van der Waals surface area contributed by atoms with Crippen LogP contribution in [0.25, 0.3) is 0 Å². The zero-order chi connectivity index (χ0) is 21.4. The fourth-order valence-corrected chi connectivity index (χ4v) is 4.57. The van der Waals surface area contributed by atoms with Crippen molar-refractivity contribution < 1.29 is 0 Å². The lowest BCUT2D eigenvalue weighted by molar-refractivity contribution is 0.342. The monoisotopic (exact) mass is 406 g/mol. The highest BCUT2D eigenvalue weighted by molar-refractivity contribution is 4.81. The minimum Gasteiger partial charge on any atom is -0.0885 e. The van der Waals surface area contributed by atoms with Crippen molar-refractivity contribution in [2.45, 2.75) is 163 Å². The number of allylic oxidation sites excluding steroid dienone is 2. The van der Waals surface area contributed by atoms with Crippen LogP contribution in [0.4, 0.5) is 0 Å². The van der Waals surface area contributed by atoms with Crippen LogP contribution in [0.2, 0.25) is 0 Å². The van der Waals surface area contributed by atoms with E-state index in [9.17, 15) is 0 Å². The highest BCUT2D eigenvalue weighted by Crippen LogP contribution is 2.24. The largest absolute Gasteiger partial charge is 0.0885 e. The molecule has 1 atom stereocenters. The molecule has 0 saturated carbocycles. The Hall–Kier alpha value is -0.260. The van der Waals surface area contributed by atoms with Gasteiger partial charge in [-0.3, -0.25) is 0 Å². The summed E-state index contributed by atoms with van der Waals surface area (Å²) in [5, 5.41) is 0. The van der Waals surface area contributed by atoms with Gasteiger partial charge in [-0.15, -0.1) is 0 Å². The van der Waals surface area contributed by atoms with Crippen molar-refractivity contribution in [2.75, 3.05) is 0 Å². The lowest BCUT2D eigenvalue weighted by Gasteiger charge is -2.18. The maximum absolute atomic E-state index is 2.42. The number of unbranched alkanes of at least 4 members (excludes halogenated alkanes) is 15. The van der Waals surface area contributed by atoms with E-state index in [2.05, 4.69) is 39.8 Å². The minimum atomic E-state index is 0.879. The van der Waals surface area contributed by atoms with Crippen molar-refractivity contribution >= 4 is 0 Å². The Morgan fingerprint density at radius 2 is 0.897 bits per heavy atom. The number of rotatable bonds is 23. The van der Waals surface area contributed by atoms with Gasteiger partial charge in [0, 0.05) is 0 Å². The Kier molecular flexibility index (Phi) is 23.8. The highest BCUT2D eigenvalue weighted by atomic mass is 14.2. The van der Waals surface area contributed by atoms with E-state index in [1.54, 1.807) is 0 Å². The summed E-state index contributed by atoms with van der Waals surface area (Å²) in [5.74, 6) is 1.88. The fraction of sp³-hybridized carbons (Fsp3) is 0.931. The van der Waals surface area contributed by atoms with E-state index < -0.39 is 0 Å².